The van der Waals surface area contributed by atoms with Gasteiger partial charge in [0.1, 0.15) is 0 Å². The van der Waals surface area contributed by atoms with Gasteiger partial charge in [-0.05, 0) is 44.8 Å². The van der Waals surface area contributed by atoms with Gasteiger partial charge in [0.2, 0.25) is 10.0 Å². The molecular formula is C13H27N3O3S. The van der Waals surface area contributed by atoms with Crippen LogP contribution in [0, 0.1) is 5.92 Å². The first kappa shape index (κ1) is 16.2. The highest BCUT2D eigenvalue weighted by atomic mass is 32.2. The SMILES string of the molecule is O=S(=O)(CC1CCCNC1)NCCCN1CCOCC1. The summed E-state index contributed by atoms with van der Waals surface area (Å²) in [5, 5.41) is 3.26. The van der Waals surface area contributed by atoms with Gasteiger partial charge in [-0.1, -0.05) is 0 Å². The highest BCUT2D eigenvalue weighted by Gasteiger charge is 2.20. The molecule has 0 aromatic carbocycles. The highest BCUT2D eigenvalue weighted by Crippen LogP contribution is 2.11. The summed E-state index contributed by atoms with van der Waals surface area (Å²) in [6.45, 7) is 6.83. The molecule has 20 heavy (non-hydrogen) atoms. The van der Waals surface area contributed by atoms with E-state index >= 15 is 0 Å². The number of hydrogen-bond donors (Lipinski definition) is 2. The highest BCUT2D eigenvalue weighted by molar-refractivity contribution is 7.89. The van der Waals surface area contributed by atoms with E-state index in [4.69, 9.17) is 4.74 Å². The molecule has 2 fully saturated rings. The van der Waals surface area contributed by atoms with Crippen LogP contribution >= 0.6 is 0 Å². The second-order valence-electron chi connectivity index (χ2n) is 5.70. The minimum absolute atomic E-state index is 0.261. The van der Waals surface area contributed by atoms with E-state index in [0.717, 1.165) is 65.2 Å². The van der Waals surface area contributed by atoms with E-state index in [0.29, 0.717) is 6.54 Å². The molecule has 0 amide bonds. The summed E-state index contributed by atoms with van der Waals surface area (Å²) in [5.41, 5.74) is 0. The fourth-order valence-electron chi connectivity index (χ4n) is 2.79. The summed E-state index contributed by atoms with van der Waals surface area (Å²) < 4.78 is 32.0. The van der Waals surface area contributed by atoms with Gasteiger partial charge in [-0.25, -0.2) is 13.1 Å². The van der Waals surface area contributed by atoms with Crippen LogP contribution in [0.5, 0.6) is 0 Å². The summed E-state index contributed by atoms with van der Waals surface area (Å²) in [4.78, 5) is 2.32. The van der Waals surface area contributed by atoms with Crippen LogP contribution in [0.1, 0.15) is 19.3 Å². The van der Waals surface area contributed by atoms with Gasteiger partial charge in [0.25, 0.3) is 0 Å². The Morgan fingerprint density at radius 2 is 2.10 bits per heavy atom. The quantitative estimate of drug-likeness (QED) is 0.628. The van der Waals surface area contributed by atoms with Crippen molar-refractivity contribution in [3.63, 3.8) is 0 Å². The molecule has 0 bridgehead atoms. The van der Waals surface area contributed by atoms with Crippen molar-refractivity contribution in [3.8, 4) is 0 Å². The Bertz CT molecular complexity index is 363. The van der Waals surface area contributed by atoms with E-state index in [1.54, 1.807) is 0 Å². The summed E-state index contributed by atoms with van der Waals surface area (Å²) in [6.07, 6.45) is 2.96. The fraction of sp³-hybridized carbons (Fsp3) is 1.00. The Kier molecular flexibility index (Phi) is 6.70. The molecule has 2 rings (SSSR count). The maximum atomic E-state index is 12.0. The molecule has 0 radical (unpaired) electrons. The molecule has 2 N–H and O–H groups in total. The molecule has 2 heterocycles. The molecule has 2 aliphatic heterocycles. The number of rotatable bonds is 7. The van der Waals surface area contributed by atoms with Gasteiger partial charge in [0.15, 0.2) is 0 Å². The summed E-state index contributed by atoms with van der Waals surface area (Å²) in [5.74, 6) is 0.526. The van der Waals surface area contributed by atoms with Crippen molar-refractivity contribution in [3.05, 3.63) is 0 Å². The van der Waals surface area contributed by atoms with Gasteiger partial charge in [0.05, 0.1) is 19.0 Å². The second kappa shape index (κ2) is 8.29. The number of nitrogens with zero attached hydrogens (tertiary/aromatic N) is 1. The molecule has 0 saturated carbocycles. The lowest BCUT2D eigenvalue weighted by atomic mass is 10.0. The molecule has 0 aliphatic carbocycles. The Labute approximate surface area is 122 Å². The molecule has 2 saturated heterocycles. The number of ether oxygens (including phenoxy) is 1. The minimum atomic E-state index is -3.12. The van der Waals surface area contributed by atoms with Crippen LogP contribution in [-0.2, 0) is 14.8 Å². The van der Waals surface area contributed by atoms with Crippen molar-refractivity contribution in [1.29, 1.82) is 0 Å². The third-order valence-corrected chi connectivity index (χ3v) is 5.49. The van der Waals surface area contributed by atoms with Crippen molar-refractivity contribution in [2.75, 3.05) is 58.2 Å². The summed E-state index contributed by atoms with van der Waals surface area (Å²) in [6, 6.07) is 0. The van der Waals surface area contributed by atoms with Gasteiger partial charge in [-0.3, -0.25) is 4.90 Å². The molecule has 7 heteroatoms. The first-order valence-corrected chi connectivity index (χ1v) is 9.29. The van der Waals surface area contributed by atoms with E-state index in [1.165, 1.54) is 0 Å². The number of sulfonamides is 1. The van der Waals surface area contributed by atoms with Crippen LogP contribution in [0.15, 0.2) is 0 Å². The number of nitrogens with one attached hydrogen (secondary N) is 2. The number of hydrogen-bond acceptors (Lipinski definition) is 5. The summed E-state index contributed by atoms with van der Waals surface area (Å²) in [7, 11) is -3.12. The third-order valence-electron chi connectivity index (χ3n) is 3.93. The molecular weight excluding hydrogens is 278 g/mol. The Morgan fingerprint density at radius 3 is 2.80 bits per heavy atom. The zero-order valence-electron chi connectivity index (χ0n) is 12.1. The maximum Gasteiger partial charge on any atom is 0.211 e. The third kappa shape index (κ3) is 6.05. The largest absolute Gasteiger partial charge is 0.379 e. The molecule has 6 nitrogen and oxygen atoms in total. The zero-order valence-corrected chi connectivity index (χ0v) is 13.0. The Hall–Kier alpha value is -0.210. The van der Waals surface area contributed by atoms with Crippen molar-refractivity contribution < 1.29 is 13.2 Å². The van der Waals surface area contributed by atoms with Crippen LogP contribution in [0.2, 0.25) is 0 Å². The smallest absolute Gasteiger partial charge is 0.211 e. The lowest BCUT2D eigenvalue weighted by molar-refractivity contribution is 0.0376. The van der Waals surface area contributed by atoms with Gasteiger partial charge in [-0.2, -0.15) is 0 Å². The first-order valence-electron chi connectivity index (χ1n) is 7.64. The normalized spacial score (nSPS) is 25.7. The van der Waals surface area contributed by atoms with Gasteiger partial charge in [0, 0.05) is 19.6 Å². The minimum Gasteiger partial charge on any atom is -0.379 e. The Balaban J connectivity index is 1.59. The van der Waals surface area contributed by atoms with E-state index in [1.807, 2.05) is 0 Å². The van der Waals surface area contributed by atoms with Crippen molar-refractivity contribution in [2.45, 2.75) is 19.3 Å². The Morgan fingerprint density at radius 1 is 1.30 bits per heavy atom. The predicted octanol–water partition coefficient (Wildman–Crippen LogP) is -0.372. The standard InChI is InChI=1S/C13H27N3O3S/c17-20(18,12-13-3-1-4-14-11-13)15-5-2-6-16-7-9-19-10-8-16/h13-15H,1-12H2. The van der Waals surface area contributed by atoms with Crippen LogP contribution < -0.4 is 10.0 Å². The molecule has 118 valence electrons. The molecule has 1 atom stereocenters. The maximum absolute atomic E-state index is 12.0. The van der Waals surface area contributed by atoms with E-state index in [9.17, 15) is 8.42 Å². The zero-order chi connectivity index (χ0) is 14.3. The average molecular weight is 305 g/mol. The first-order chi connectivity index (χ1) is 9.66. The monoisotopic (exact) mass is 305 g/mol. The second-order valence-corrected chi connectivity index (χ2v) is 7.55. The molecule has 0 spiro atoms. The van der Waals surface area contributed by atoms with Crippen LogP contribution in [-0.4, -0.2) is 71.6 Å². The van der Waals surface area contributed by atoms with E-state index < -0.39 is 10.0 Å². The predicted molar refractivity (Wildman–Crippen MR) is 79.3 cm³/mol. The summed E-state index contributed by atoms with van der Waals surface area (Å²) >= 11 is 0. The van der Waals surface area contributed by atoms with Crippen molar-refractivity contribution in [2.24, 2.45) is 5.92 Å². The number of morpholine rings is 1. The topological polar surface area (TPSA) is 70.7 Å². The van der Waals surface area contributed by atoms with Gasteiger partial charge < -0.3 is 10.1 Å². The molecule has 1 unspecified atom stereocenters. The molecule has 0 aromatic heterocycles. The lowest BCUT2D eigenvalue weighted by Crippen LogP contribution is -2.40. The van der Waals surface area contributed by atoms with Gasteiger partial charge in [-0.15, -0.1) is 0 Å². The van der Waals surface area contributed by atoms with Crippen molar-refractivity contribution in [1.82, 2.24) is 14.9 Å². The lowest BCUT2D eigenvalue weighted by Gasteiger charge is -2.26. The van der Waals surface area contributed by atoms with E-state index in [2.05, 4.69) is 14.9 Å². The van der Waals surface area contributed by atoms with Crippen LogP contribution in [0.25, 0.3) is 0 Å². The molecule has 2 aliphatic rings. The van der Waals surface area contributed by atoms with Crippen LogP contribution in [0.4, 0.5) is 0 Å². The molecule has 0 aromatic rings. The van der Waals surface area contributed by atoms with Gasteiger partial charge >= 0.3 is 0 Å². The van der Waals surface area contributed by atoms with Crippen molar-refractivity contribution >= 4 is 10.0 Å². The number of piperidine rings is 1. The van der Waals surface area contributed by atoms with Crippen LogP contribution in [0.3, 0.4) is 0 Å². The van der Waals surface area contributed by atoms with E-state index in [-0.39, 0.29) is 11.7 Å². The average Bonchev–Trinajstić information content (AvgIpc) is 2.45. The fourth-order valence-corrected chi connectivity index (χ4v) is 4.27.